The summed E-state index contributed by atoms with van der Waals surface area (Å²) in [5.41, 5.74) is 2.63. The van der Waals surface area contributed by atoms with Crippen LogP contribution in [0.3, 0.4) is 0 Å². The number of hydrogen-bond donors (Lipinski definition) is 1. The molecule has 4 rings (SSSR count). The second-order valence-corrected chi connectivity index (χ2v) is 9.25. The molecule has 1 atom stereocenters. The normalized spacial score (nSPS) is 16.2. The maximum atomic E-state index is 13.1. The highest BCUT2D eigenvalue weighted by atomic mass is 32.1. The van der Waals surface area contributed by atoms with Gasteiger partial charge in [-0.1, -0.05) is 49.4 Å². The molecular weight excluding hydrogens is 427 g/mol. The van der Waals surface area contributed by atoms with E-state index >= 15 is 0 Å². The van der Waals surface area contributed by atoms with E-state index in [9.17, 15) is 14.0 Å². The number of amides is 2. The first-order chi connectivity index (χ1) is 15.4. The summed E-state index contributed by atoms with van der Waals surface area (Å²) >= 11 is 1.33. The van der Waals surface area contributed by atoms with E-state index in [0.717, 1.165) is 17.0 Å². The molecule has 2 aromatic carbocycles. The van der Waals surface area contributed by atoms with Gasteiger partial charge in [-0.2, -0.15) is 0 Å². The first-order valence-corrected chi connectivity index (χ1v) is 11.5. The Morgan fingerprint density at radius 3 is 2.50 bits per heavy atom. The lowest BCUT2D eigenvalue weighted by molar-refractivity contribution is -0.121. The van der Waals surface area contributed by atoms with E-state index in [1.54, 1.807) is 4.90 Å². The van der Waals surface area contributed by atoms with Gasteiger partial charge in [0.2, 0.25) is 11.0 Å². The van der Waals surface area contributed by atoms with Crippen LogP contribution in [0.1, 0.15) is 48.5 Å². The van der Waals surface area contributed by atoms with Gasteiger partial charge in [0.25, 0.3) is 5.91 Å². The number of carbonyl (C=O) groups excluding carboxylic acids is 2. The number of halogens is 1. The van der Waals surface area contributed by atoms with Crippen LogP contribution in [-0.4, -0.2) is 40.0 Å². The van der Waals surface area contributed by atoms with E-state index in [4.69, 9.17) is 0 Å². The predicted molar refractivity (Wildman–Crippen MR) is 123 cm³/mol. The van der Waals surface area contributed by atoms with Crippen molar-refractivity contribution in [2.75, 3.05) is 18.4 Å². The van der Waals surface area contributed by atoms with Gasteiger partial charge in [0, 0.05) is 24.2 Å². The van der Waals surface area contributed by atoms with Crippen LogP contribution in [-0.2, 0) is 4.79 Å². The zero-order chi connectivity index (χ0) is 22.7. The SMILES string of the molecule is CC(C)c1ccc(-c2nnc(NC(=O)[C@H]3CCCN(C(=O)c4ccc(F)cc4)C3)s2)cc1. The van der Waals surface area contributed by atoms with E-state index in [0.29, 0.717) is 36.1 Å². The summed E-state index contributed by atoms with van der Waals surface area (Å²) in [5, 5.41) is 12.4. The maximum absolute atomic E-state index is 13.1. The van der Waals surface area contributed by atoms with Crippen molar-refractivity contribution in [2.24, 2.45) is 5.92 Å². The van der Waals surface area contributed by atoms with Gasteiger partial charge >= 0.3 is 0 Å². The molecule has 1 saturated heterocycles. The Labute approximate surface area is 190 Å². The van der Waals surface area contributed by atoms with Gasteiger partial charge in [-0.25, -0.2) is 4.39 Å². The number of benzene rings is 2. The summed E-state index contributed by atoms with van der Waals surface area (Å²) in [6.45, 7) is 5.19. The number of piperidine rings is 1. The topological polar surface area (TPSA) is 75.2 Å². The standard InChI is InChI=1S/C24H25FN4O2S/c1-15(2)16-5-7-17(8-6-16)22-27-28-24(32-22)26-21(30)19-4-3-13-29(14-19)23(31)18-9-11-20(25)12-10-18/h5-12,15,19H,3-4,13-14H2,1-2H3,(H,26,28,30)/t19-/m0/s1. The Kier molecular flexibility index (Phi) is 6.60. The van der Waals surface area contributed by atoms with Crippen molar-refractivity contribution in [1.82, 2.24) is 15.1 Å². The van der Waals surface area contributed by atoms with Crippen LogP contribution >= 0.6 is 11.3 Å². The van der Waals surface area contributed by atoms with Crippen molar-refractivity contribution in [3.63, 3.8) is 0 Å². The number of hydrogen-bond acceptors (Lipinski definition) is 5. The van der Waals surface area contributed by atoms with Crippen molar-refractivity contribution in [2.45, 2.75) is 32.6 Å². The quantitative estimate of drug-likeness (QED) is 0.594. The lowest BCUT2D eigenvalue weighted by Crippen LogP contribution is -2.43. The average molecular weight is 453 g/mol. The highest BCUT2D eigenvalue weighted by molar-refractivity contribution is 7.18. The van der Waals surface area contributed by atoms with Gasteiger partial charge in [-0.05, 0) is 48.6 Å². The molecule has 6 nitrogen and oxygen atoms in total. The number of likely N-dealkylation sites (tertiary alicyclic amines) is 1. The van der Waals surface area contributed by atoms with Gasteiger partial charge in [0.1, 0.15) is 10.8 Å². The van der Waals surface area contributed by atoms with Crippen molar-refractivity contribution in [1.29, 1.82) is 0 Å². The summed E-state index contributed by atoms with van der Waals surface area (Å²) in [4.78, 5) is 27.2. The Bertz CT molecular complexity index is 1100. The van der Waals surface area contributed by atoms with Crippen LogP contribution in [0.2, 0.25) is 0 Å². The summed E-state index contributed by atoms with van der Waals surface area (Å²) in [5.74, 6) is -0.612. The third-order valence-electron chi connectivity index (χ3n) is 5.65. The molecule has 1 aliphatic heterocycles. The van der Waals surface area contributed by atoms with E-state index in [1.807, 2.05) is 12.1 Å². The second kappa shape index (κ2) is 9.56. The lowest BCUT2D eigenvalue weighted by Gasteiger charge is -2.32. The average Bonchev–Trinajstić information content (AvgIpc) is 3.27. The van der Waals surface area contributed by atoms with Crippen LogP contribution in [0.25, 0.3) is 10.6 Å². The highest BCUT2D eigenvalue weighted by Gasteiger charge is 2.29. The Hall–Kier alpha value is -3.13. The Balaban J connectivity index is 1.38. The lowest BCUT2D eigenvalue weighted by atomic mass is 9.96. The number of nitrogens with zero attached hydrogens (tertiary/aromatic N) is 3. The van der Waals surface area contributed by atoms with Crippen LogP contribution in [0.15, 0.2) is 48.5 Å². The Morgan fingerprint density at radius 2 is 1.81 bits per heavy atom. The zero-order valence-electron chi connectivity index (χ0n) is 18.0. The van der Waals surface area contributed by atoms with Gasteiger partial charge < -0.3 is 10.2 Å². The molecule has 1 N–H and O–H groups in total. The molecule has 3 aromatic rings. The van der Waals surface area contributed by atoms with E-state index < -0.39 is 0 Å². The monoisotopic (exact) mass is 452 g/mol. The van der Waals surface area contributed by atoms with Crippen molar-refractivity contribution in [3.05, 3.63) is 65.5 Å². The molecule has 166 valence electrons. The molecule has 8 heteroatoms. The van der Waals surface area contributed by atoms with Gasteiger partial charge in [0.05, 0.1) is 5.92 Å². The summed E-state index contributed by atoms with van der Waals surface area (Å²) in [6.07, 6.45) is 1.43. The van der Waals surface area contributed by atoms with Crippen molar-refractivity contribution < 1.29 is 14.0 Å². The molecule has 1 fully saturated rings. The summed E-state index contributed by atoms with van der Waals surface area (Å²) in [6, 6.07) is 13.7. The zero-order valence-corrected chi connectivity index (χ0v) is 18.9. The molecule has 32 heavy (non-hydrogen) atoms. The molecule has 0 bridgehead atoms. The molecule has 1 aromatic heterocycles. The number of carbonyl (C=O) groups is 2. The fourth-order valence-electron chi connectivity index (χ4n) is 3.76. The minimum atomic E-state index is -0.384. The van der Waals surface area contributed by atoms with Crippen molar-refractivity contribution in [3.8, 4) is 10.6 Å². The Morgan fingerprint density at radius 1 is 1.09 bits per heavy atom. The molecule has 0 spiro atoms. The van der Waals surface area contributed by atoms with Crippen LogP contribution in [0.5, 0.6) is 0 Å². The molecular formula is C24H25FN4O2S. The van der Waals surface area contributed by atoms with Crippen LogP contribution in [0.4, 0.5) is 9.52 Å². The highest BCUT2D eigenvalue weighted by Crippen LogP contribution is 2.28. The third-order valence-corrected chi connectivity index (χ3v) is 6.54. The fourth-order valence-corrected chi connectivity index (χ4v) is 4.51. The van der Waals surface area contributed by atoms with Crippen molar-refractivity contribution >= 4 is 28.3 Å². The van der Waals surface area contributed by atoms with Gasteiger partial charge in [0.15, 0.2) is 0 Å². The second-order valence-electron chi connectivity index (χ2n) is 8.28. The molecule has 0 unspecified atom stereocenters. The van der Waals surface area contributed by atoms with Gasteiger partial charge in [-0.3, -0.25) is 9.59 Å². The van der Waals surface area contributed by atoms with E-state index in [-0.39, 0.29) is 23.5 Å². The largest absolute Gasteiger partial charge is 0.338 e. The smallest absolute Gasteiger partial charge is 0.253 e. The predicted octanol–water partition coefficient (Wildman–Crippen LogP) is 4.96. The minimum absolute atomic E-state index is 0.167. The molecule has 1 aliphatic rings. The number of anilines is 1. The maximum Gasteiger partial charge on any atom is 0.253 e. The van der Waals surface area contributed by atoms with E-state index in [2.05, 4.69) is 41.5 Å². The molecule has 2 heterocycles. The first kappa shape index (κ1) is 22.1. The minimum Gasteiger partial charge on any atom is -0.338 e. The molecule has 0 aliphatic carbocycles. The van der Waals surface area contributed by atoms with Gasteiger partial charge in [-0.15, -0.1) is 10.2 Å². The first-order valence-electron chi connectivity index (χ1n) is 10.7. The molecule has 0 saturated carbocycles. The van der Waals surface area contributed by atoms with Crippen LogP contribution in [0, 0.1) is 11.7 Å². The fraction of sp³-hybridized carbons (Fsp3) is 0.333. The molecule has 0 radical (unpaired) electrons. The summed E-state index contributed by atoms with van der Waals surface area (Å²) < 4.78 is 13.1. The van der Waals surface area contributed by atoms with Crippen LogP contribution < -0.4 is 5.32 Å². The van der Waals surface area contributed by atoms with E-state index in [1.165, 1.54) is 41.2 Å². The summed E-state index contributed by atoms with van der Waals surface area (Å²) in [7, 11) is 0. The number of nitrogens with one attached hydrogen (secondary N) is 1. The number of aromatic nitrogens is 2. The molecule has 2 amide bonds. The number of rotatable bonds is 5. The third kappa shape index (κ3) is 5.02.